The molecule has 1 aliphatic rings. The van der Waals surface area contributed by atoms with Gasteiger partial charge in [0.1, 0.15) is 17.1 Å². The van der Waals surface area contributed by atoms with E-state index in [0.717, 1.165) is 22.6 Å². The number of carbonyl (C=O) groups excluding carboxylic acids is 1. The lowest BCUT2D eigenvalue weighted by atomic mass is 10.1. The average molecular weight is 492 g/mol. The first-order valence-electron chi connectivity index (χ1n) is 11.1. The normalized spacial score (nSPS) is 13.1. The van der Waals surface area contributed by atoms with Gasteiger partial charge in [-0.2, -0.15) is 0 Å². The van der Waals surface area contributed by atoms with Crippen LogP contribution in [0.4, 0.5) is 5.69 Å². The van der Waals surface area contributed by atoms with E-state index in [1.54, 1.807) is 9.47 Å². The Morgan fingerprint density at radius 3 is 2.79 bits per heavy atom. The maximum absolute atomic E-state index is 13.3. The number of thioether (sulfide) groups is 1. The van der Waals surface area contributed by atoms with Crippen molar-refractivity contribution < 1.29 is 9.53 Å². The molecule has 1 aliphatic heterocycles. The molecular formula is C26H25N3O3S2. The molecule has 0 unspecified atom stereocenters. The van der Waals surface area contributed by atoms with Gasteiger partial charge in [0.2, 0.25) is 5.91 Å². The summed E-state index contributed by atoms with van der Waals surface area (Å²) < 4.78 is 8.05. The van der Waals surface area contributed by atoms with Crippen LogP contribution in [-0.4, -0.2) is 34.4 Å². The molecule has 0 N–H and O–H groups in total. The molecule has 34 heavy (non-hydrogen) atoms. The number of benzene rings is 2. The van der Waals surface area contributed by atoms with Gasteiger partial charge in [-0.1, -0.05) is 36.0 Å². The average Bonchev–Trinajstić information content (AvgIpc) is 3.30. The van der Waals surface area contributed by atoms with Crippen LogP contribution in [0, 0.1) is 20.8 Å². The number of thiophene rings is 1. The SMILES string of the molecule is Cc1ccc2c(c1)N(C(=O)CSc1nc3ccsc3c(=O)n1Cc1ccc(C)c(C)c1)CCO2. The molecular weight excluding hydrogens is 466 g/mol. The van der Waals surface area contributed by atoms with E-state index >= 15 is 0 Å². The Morgan fingerprint density at radius 2 is 1.97 bits per heavy atom. The van der Waals surface area contributed by atoms with Crippen molar-refractivity contribution in [3.8, 4) is 5.75 Å². The van der Waals surface area contributed by atoms with E-state index in [2.05, 4.69) is 26.0 Å². The minimum atomic E-state index is -0.0690. The van der Waals surface area contributed by atoms with Crippen molar-refractivity contribution in [2.45, 2.75) is 32.5 Å². The monoisotopic (exact) mass is 491 g/mol. The van der Waals surface area contributed by atoms with E-state index in [4.69, 9.17) is 9.72 Å². The van der Waals surface area contributed by atoms with Crippen molar-refractivity contribution in [3.63, 3.8) is 0 Å². The molecule has 0 aliphatic carbocycles. The molecule has 8 heteroatoms. The van der Waals surface area contributed by atoms with Crippen LogP contribution in [-0.2, 0) is 11.3 Å². The van der Waals surface area contributed by atoms with Crippen LogP contribution < -0.4 is 15.2 Å². The fourth-order valence-electron chi connectivity index (χ4n) is 4.05. The van der Waals surface area contributed by atoms with Crippen LogP contribution in [0.2, 0.25) is 0 Å². The second-order valence-corrected chi connectivity index (χ2v) is 10.4. The van der Waals surface area contributed by atoms with Gasteiger partial charge in [-0.05, 0) is 66.6 Å². The molecule has 4 aromatic rings. The molecule has 0 spiro atoms. The highest BCUT2D eigenvalue weighted by atomic mass is 32.2. The highest BCUT2D eigenvalue weighted by Gasteiger charge is 2.24. The van der Waals surface area contributed by atoms with Gasteiger partial charge in [0, 0.05) is 0 Å². The number of hydrogen-bond acceptors (Lipinski definition) is 6. The summed E-state index contributed by atoms with van der Waals surface area (Å²) in [5.74, 6) is 0.875. The van der Waals surface area contributed by atoms with Gasteiger partial charge in [0.05, 0.1) is 30.0 Å². The van der Waals surface area contributed by atoms with E-state index in [-0.39, 0.29) is 17.2 Å². The minimum Gasteiger partial charge on any atom is -0.490 e. The van der Waals surface area contributed by atoms with Crippen molar-refractivity contribution in [3.05, 3.63) is 80.5 Å². The lowest BCUT2D eigenvalue weighted by Gasteiger charge is -2.29. The second-order valence-electron chi connectivity index (χ2n) is 8.49. The first kappa shape index (κ1) is 22.7. The Labute approximate surface area is 206 Å². The number of rotatable bonds is 5. The molecule has 0 atom stereocenters. The van der Waals surface area contributed by atoms with Gasteiger partial charge in [0.25, 0.3) is 5.56 Å². The fraction of sp³-hybridized carbons (Fsp3) is 0.269. The van der Waals surface area contributed by atoms with Gasteiger partial charge in [-0.3, -0.25) is 14.2 Å². The zero-order valence-corrected chi connectivity index (χ0v) is 21.0. The number of hydrogen-bond donors (Lipinski definition) is 0. The Kier molecular flexibility index (Phi) is 6.18. The first-order chi connectivity index (χ1) is 16.4. The van der Waals surface area contributed by atoms with E-state index in [1.165, 1.54) is 34.2 Å². The second kappa shape index (κ2) is 9.27. The zero-order valence-electron chi connectivity index (χ0n) is 19.3. The van der Waals surface area contributed by atoms with Crippen molar-refractivity contribution in [1.29, 1.82) is 0 Å². The minimum absolute atomic E-state index is 0.0301. The van der Waals surface area contributed by atoms with Gasteiger partial charge < -0.3 is 9.64 Å². The summed E-state index contributed by atoms with van der Waals surface area (Å²) in [5, 5.41) is 2.44. The largest absolute Gasteiger partial charge is 0.490 e. The molecule has 2 aromatic carbocycles. The van der Waals surface area contributed by atoms with Crippen molar-refractivity contribution in [2.24, 2.45) is 0 Å². The van der Waals surface area contributed by atoms with Gasteiger partial charge in [-0.25, -0.2) is 4.98 Å². The van der Waals surface area contributed by atoms with Crippen LogP contribution in [0.15, 0.2) is 57.8 Å². The third kappa shape index (κ3) is 4.35. The van der Waals surface area contributed by atoms with E-state index < -0.39 is 0 Å². The number of carbonyl (C=O) groups is 1. The van der Waals surface area contributed by atoms with Gasteiger partial charge >= 0.3 is 0 Å². The smallest absolute Gasteiger partial charge is 0.272 e. The third-order valence-corrected chi connectivity index (χ3v) is 7.90. The molecule has 1 amide bonds. The van der Waals surface area contributed by atoms with E-state index in [0.29, 0.717) is 35.1 Å². The lowest BCUT2D eigenvalue weighted by Crippen LogP contribution is -2.39. The number of aromatic nitrogens is 2. The van der Waals surface area contributed by atoms with Crippen molar-refractivity contribution in [1.82, 2.24) is 9.55 Å². The Hall–Kier alpha value is -3.10. The van der Waals surface area contributed by atoms with E-state index in [1.807, 2.05) is 42.6 Å². The predicted octanol–water partition coefficient (Wildman–Crippen LogP) is 4.95. The number of anilines is 1. The lowest BCUT2D eigenvalue weighted by molar-refractivity contribution is -0.116. The van der Waals surface area contributed by atoms with Crippen LogP contribution in [0.1, 0.15) is 22.3 Å². The maximum atomic E-state index is 13.3. The van der Waals surface area contributed by atoms with Crippen LogP contribution in [0.5, 0.6) is 5.75 Å². The summed E-state index contributed by atoms with van der Waals surface area (Å²) in [6.07, 6.45) is 0. The van der Waals surface area contributed by atoms with Crippen molar-refractivity contribution >= 4 is 44.9 Å². The molecule has 0 radical (unpaired) electrons. The molecule has 0 saturated heterocycles. The van der Waals surface area contributed by atoms with E-state index in [9.17, 15) is 9.59 Å². The molecule has 2 aromatic heterocycles. The number of nitrogens with zero attached hydrogens (tertiary/aromatic N) is 3. The summed E-state index contributed by atoms with van der Waals surface area (Å²) >= 11 is 2.71. The van der Waals surface area contributed by atoms with Crippen LogP contribution in [0.3, 0.4) is 0 Å². The molecule has 6 nitrogen and oxygen atoms in total. The summed E-state index contributed by atoms with van der Waals surface area (Å²) in [6, 6.07) is 13.9. The van der Waals surface area contributed by atoms with Gasteiger partial charge in [-0.15, -0.1) is 11.3 Å². The molecule has 5 rings (SSSR count). The number of aryl methyl sites for hydroxylation is 3. The highest BCUT2D eigenvalue weighted by molar-refractivity contribution is 7.99. The quantitative estimate of drug-likeness (QED) is 0.292. The summed E-state index contributed by atoms with van der Waals surface area (Å²) in [4.78, 5) is 33.1. The summed E-state index contributed by atoms with van der Waals surface area (Å²) in [6.45, 7) is 7.52. The molecule has 0 fully saturated rings. The molecule has 0 bridgehead atoms. The molecule has 0 saturated carbocycles. The third-order valence-electron chi connectivity index (χ3n) is 6.05. The van der Waals surface area contributed by atoms with Crippen molar-refractivity contribution in [2.75, 3.05) is 23.8 Å². The maximum Gasteiger partial charge on any atom is 0.272 e. The van der Waals surface area contributed by atoms with Crippen LogP contribution in [0.25, 0.3) is 10.2 Å². The zero-order chi connectivity index (χ0) is 23.8. The van der Waals surface area contributed by atoms with Gasteiger partial charge in [0.15, 0.2) is 5.16 Å². The Bertz CT molecular complexity index is 1460. The summed E-state index contributed by atoms with van der Waals surface area (Å²) in [7, 11) is 0. The Morgan fingerprint density at radius 1 is 1.12 bits per heavy atom. The molecule has 174 valence electrons. The fourth-order valence-corrected chi connectivity index (χ4v) is 5.70. The standard InChI is InChI=1S/C26H25N3O3S2/c1-16-4-7-22-21(12-16)28(9-10-32-22)23(30)15-34-26-27-20-8-11-33-24(20)25(31)29(26)14-19-6-5-17(2)18(3)13-19/h4-8,11-13H,9-10,14-15H2,1-3H3. The predicted molar refractivity (Wildman–Crippen MR) is 139 cm³/mol. The Balaban J connectivity index is 1.44. The highest BCUT2D eigenvalue weighted by Crippen LogP contribution is 2.33. The topological polar surface area (TPSA) is 64.4 Å². The van der Waals surface area contributed by atoms with Crippen LogP contribution >= 0.6 is 23.1 Å². The number of fused-ring (bicyclic) bond motifs is 2. The first-order valence-corrected chi connectivity index (χ1v) is 13.0. The molecule has 3 heterocycles. The number of ether oxygens (including phenoxy) is 1. The number of amides is 1. The summed E-state index contributed by atoms with van der Waals surface area (Å²) in [5.41, 5.74) is 5.90.